The Morgan fingerprint density at radius 3 is 2.52 bits per heavy atom. The quantitative estimate of drug-likeness (QED) is 0.400. The second kappa shape index (κ2) is 9.61. The Hall–Kier alpha value is -2.64. The number of carbonyl (C=O) groups excluding carboxylic acids is 1. The van der Waals surface area contributed by atoms with E-state index in [4.69, 9.17) is 21.7 Å². The number of rotatable bonds is 7. The molecule has 6 nitrogen and oxygen atoms in total. The summed E-state index contributed by atoms with van der Waals surface area (Å²) in [7, 11) is 0. The lowest BCUT2D eigenvalue weighted by Crippen LogP contribution is -2.34. The lowest BCUT2D eigenvalue weighted by Gasteiger charge is -2.11. The van der Waals surface area contributed by atoms with E-state index in [2.05, 4.69) is 10.6 Å². The first-order valence-electron chi connectivity index (χ1n) is 7.81. The number of benzene rings is 2. The van der Waals surface area contributed by atoms with Gasteiger partial charge in [0.05, 0.1) is 12.3 Å². The first kappa shape index (κ1) is 18.7. The van der Waals surface area contributed by atoms with E-state index in [1.807, 2.05) is 6.92 Å². The van der Waals surface area contributed by atoms with Crippen LogP contribution in [0, 0.1) is 0 Å². The maximum atomic E-state index is 12.2. The molecular formula is C18H20N2O4S. The number of thiocarbonyl (C=S) groups is 1. The number of amides is 1. The van der Waals surface area contributed by atoms with Gasteiger partial charge in [-0.2, -0.15) is 0 Å². The third-order valence-electron chi connectivity index (χ3n) is 3.20. The Balaban J connectivity index is 1.85. The summed E-state index contributed by atoms with van der Waals surface area (Å²) in [6.07, 6.45) is 0. The topological polar surface area (TPSA) is 79.8 Å². The van der Waals surface area contributed by atoms with E-state index in [9.17, 15) is 9.90 Å². The average molecular weight is 360 g/mol. The summed E-state index contributed by atoms with van der Waals surface area (Å²) in [5, 5.41) is 15.1. The third-order valence-corrected chi connectivity index (χ3v) is 3.40. The summed E-state index contributed by atoms with van der Waals surface area (Å²) in [5.41, 5.74) is 0.865. The van der Waals surface area contributed by atoms with Gasteiger partial charge in [-0.15, -0.1) is 0 Å². The summed E-state index contributed by atoms with van der Waals surface area (Å²) >= 11 is 5.09. The van der Waals surface area contributed by atoms with Crippen LogP contribution in [-0.4, -0.2) is 35.9 Å². The van der Waals surface area contributed by atoms with Gasteiger partial charge in [-0.25, -0.2) is 0 Å². The van der Waals surface area contributed by atoms with E-state index in [1.165, 1.54) is 6.07 Å². The van der Waals surface area contributed by atoms with Crippen LogP contribution in [0.25, 0.3) is 0 Å². The highest BCUT2D eigenvalue weighted by atomic mass is 32.1. The Morgan fingerprint density at radius 2 is 1.84 bits per heavy atom. The highest BCUT2D eigenvalue weighted by Crippen LogP contribution is 2.21. The van der Waals surface area contributed by atoms with Gasteiger partial charge in [-0.3, -0.25) is 10.1 Å². The molecule has 0 aliphatic heterocycles. The molecule has 3 N–H and O–H groups in total. The molecule has 0 spiro atoms. The predicted octanol–water partition coefficient (Wildman–Crippen LogP) is 2.93. The van der Waals surface area contributed by atoms with E-state index < -0.39 is 0 Å². The van der Waals surface area contributed by atoms with E-state index in [-0.39, 0.29) is 16.8 Å². The number of aromatic hydroxyl groups is 1. The van der Waals surface area contributed by atoms with Gasteiger partial charge in [0.15, 0.2) is 5.11 Å². The first-order valence-corrected chi connectivity index (χ1v) is 8.22. The number of hydrogen-bond donors (Lipinski definition) is 3. The van der Waals surface area contributed by atoms with E-state index in [0.29, 0.717) is 36.8 Å². The predicted molar refractivity (Wildman–Crippen MR) is 100 cm³/mol. The van der Waals surface area contributed by atoms with Crippen LogP contribution in [-0.2, 0) is 4.74 Å². The van der Waals surface area contributed by atoms with Crippen LogP contribution < -0.4 is 15.4 Å². The second-order valence-electron chi connectivity index (χ2n) is 5.00. The Morgan fingerprint density at radius 1 is 1.12 bits per heavy atom. The maximum Gasteiger partial charge on any atom is 0.257 e. The minimum absolute atomic E-state index is 0.0488. The van der Waals surface area contributed by atoms with Crippen LogP contribution in [0.1, 0.15) is 17.3 Å². The molecule has 0 atom stereocenters. The normalized spacial score (nSPS) is 10.1. The monoisotopic (exact) mass is 360 g/mol. The van der Waals surface area contributed by atoms with Crippen molar-refractivity contribution in [2.45, 2.75) is 6.92 Å². The molecule has 0 bridgehead atoms. The fourth-order valence-corrected chi connectivity index (χ4v) is 2.18. The first-order chi connectivity index (χ1) is 12.1. The van der Waals surface area contributed by atoms with Gasteiger partial charge in [0.1, 0.15) is 18.1 Å². The zero-order valence-electron chi connectivity index (χ0n) is 13.8. The van der Waals surface area contributed by atoms with E-state index in [0.717, 1.165) is 0 Å². The number of nitrogens with one attached hydrogen (secondary N) is 2. The smallest absolute Gasteiger partial charge is 0.257 e. The van der Waals surface area contributed by atoms with Crippen molar-refractivity contribution < 1.29 is 19.4 Å². The number of anilines is 1. The Kier molecular flexibility index (Phi) is 7.18. The zero-order valence-corrected chi connectivity index (χ0v) is 14.6. The van der Waals surface area contributed by atoms with Crippen molar-refractivity contribution in [1.82, 2.24) is 5.32 Å². The molecule has 0 aromatic heterocycles. The lowest BCUT2D eigenvalue weighted by atomic mass is 10.2. The Labute approximate surface area is 151 Å². The molecule has 1 amide bonds. The minimum atomic E-state index is -0.353. The molecule has 2 rings (SSSR count). The molecule has 7 heteroatoms. The van der Waals surface area contributed by atoms with Crippen LogP contribution in [0.15, 0.2) is 48.5 Å². The van der Waals surface area contributed by atoms with Gasteiger partial charge in [0, 0.05) is 12.2 Å². The number of hydrogen-bond acceptors (Lipinski definition) is 5. The van der Waals surface area contributed by atoms with Crippen LogP contribution in [0.5, 0.6) is 11.5 Å². The number of carbonyl (C=O) groups is 1. The molecule has 0 fully saturated rings. The van der Waals surface area contributed by atoms with Crippen molar-refractivity contribution in [2.24, 2.45) is 0 Å². The molecule has 0 unspecified atom stereocenters. The van der Waals surface area contributed by atoms with Crippen molar-refractivity contribution in [1.29, 1.82) is 0 Å². The fourth-order valence-electron chi connectivity index (χ4n) is 1.97. The summed E-state index contributed by atoms with van der Waals surface area (Å²) in [4.78, 5) is 12.2. The standard InChI is InChI=1S/C18H20N2O4S/c1-2-23-11-12-24-14-9-7-13(8-10-14)17(22)20-18(25)19-15-5-3-4-6-16(15)21/h3-10,21H,2,11-12H2,1H3,(H2,19,20,22,25). The van der Waals surface area contributed by atoms with Gasteiger partial charge in [-0.1, -0.05) is 12.1 Å². The molecule has 0 radical (unpaired) electrons. The molecule has 0 saturated carbocycles. The van der Waals surface area contributed by atoms with Gasteiger partial charge >= 0.3 is 0 Å². The number of phenolic OH excluding ortho intramolecular Hbond substituents is 1. The van der Waals surface area contributed by atoms with Crippen LogP contribution in [0.4, 0.5) is 5.69 Å². The van der Waals surface area contributed by atoms with Gasteiger partial charge < -0.3 is 19.9 Å². The van der Waals surface area contributed by atoms with E-state index in [1.54, 1.807) is 42.5 Å². The van der Waals surface area contributed by atoms with Crippen LogP contribution in [0.2, 0.25) is 0 Å². The van der Waals surface area contributed by atoms with Gasteiger partial charge in [0.25, 0.3) is 5.91 Å². The number of para-hydroxylation sites is 2. The van der Waals surface area contributed by atoms with E-state index >= 15 is 0 Å². The third kappa shape index (κ3) is 6.06. The summed E-state index contributed by atoms with van der Waals surface area (Å²) < 4.78 is 10.7. The van der Waals surface area contributed by atoms with Crippen LogP contribution >= 0.6 is 12.2 Å². The van der Waals surface area contributed by atoms with Crippen molar-refractivity contribution in [2.75, 3.05) is 25.1 Å². The van der Waals surface area contributed by atoms with Crippen molar-refractivity contribution >= 4 is 28.9 Å². The highest BCUT2D eigenvalue weighted by Gasteiger charge is 2.09. The van der Waals surface area contributed by atoms with Crippen molar-refractivity contribution in [3.05, 3.63) is 54.1 Å². The molecular weight excluding hydrogens is 340 g/mol. The summed E-state index contributed by atoms with van der Waals surface area (Å²) in [5.74, 6) is 0.354. The number of phenols is 1. The van der Waals surface area contributed by atoms with Crippen LogP contribution in [0.3, 0.4) is 0 Å². The molecule has 0 aliphatic rings. The Bertz CT molecular complexity index is 719. The molecule has 2 aromatic rings. The molecule has 2 aromatic carbocycles. The summed E-state index contributed by atoms with van der Waals surface area (Å²) in [6, 6.07) is 13.3. The molecule has 25 heavy (non-hydrogen) atoms. The lowest BCUT2D eigenvalue weighted by molar-refractivity contribution is 0.0977. The summed E-state index contributed by atoms with van der Waals surface area (Å²) in [6.45, 7) is 3.54. The largest absolute Gasteiger partial charge is 0.506 e. The van der Waals surface area contributed by atoms with Gasteiger partial charge in [-0.05, 0) is 55.5 Å². The second-order valence-corrected chi connectivity index (χ2v) is 5.40. The number of ether oxygens (including phenoxy) is 2. The zero-order chi connectivity index (χ0) is 18.1. The minimum Gasteiger partial charge on any atom is -0.506 e. The van der Waals surface area contributed by atoms with Gasteiger partial charge in [0.2, 0.25) is 0 Å². The molecule has 132 valence electrons. The highest BCUT2D eigenvalue weighted by molar-refractivity contribution is 7.80. The van der Waals surface area contributed by atoms with Crippen molar-refractivity contribution in [3.8, 4) is 11.5 Å². The maximum absolute atomic E-state index is 12.2. The fraction of sp³-hybridized carbons (Fsp3) is 0.222. The molecule has 0 heterocycles. The molecule has 0 aliphatic carbocycles. The average Bonchev–Trinajstić information content (AvgIpc) is 2.61. The SMILES string of the molecule is CCOCCOc1ccc(C(=O)NC(=S)Nc2ccccc2O)cc1. The molecule has 0 saturated heterocycles. The van der Waals surface area contributed by atoms with Crippen molar-refractivity contribution in [3.63, 3.8) is 0 Å².